The molecule has 2 aromatic rings. The summed E-state index contributed by atoms with van der Waals surface area (Å²) < 4.78 is 0. The summed E-state index contributed by atoms with van der Waals surface area (Å²) in [6.45, 7) is 5.67. The Labute approximate surface area is 180 Å². The zero-order chi connectivity index (χ0) is 20.6. The molecular weight excluding hydrogens is 350 g/mol. The fourth-order valence-electron chi connectivity index (χ4n) is 4.02. The third-order valence-corrected chi connectivity index (χ3v) is 5.87. The van der Waals surface area contributed by atoms with Crippen molar-refractivity contribution in [3.8, 4) is 0 Å². The molecule has 1 heteroatoms. The second-order valence-corrected chi connectivity index (χ2v) is 8.44. The van der Waals surface area contributed by atoms with Crippen LogP contribution in [0.15, 0.2) is 54.6 Å². The Hall–Kier alpha value is -1.76. The first kappa shape index (κ1) is 23.5. The van der Waals surface area contributed by atoms with Crippen molar-refractivity contribution < 1.29 is 0 Å². The van der Waals surface area contributed by atoms with Crippen molar-refractivity contribution in [2.24, 2.45) is 0 Å². The van der Waals surface area contributed by atoms with Gasteiger partial charge in [0.05, 0.1) is 0 Å². The van der Waals surface area contributed by atoms with Crippen LogP contribution in [0.3, 0.4) is 0 Å². The quantitative estimate of drug-likeness (QED) is 0.257. The molecule has 0 aliphatic rings. The first-order chi connectivity index (χ1) is 14.3. The fraction of sp³-hybridized carbons (Fsp3) is 0.571. The SMILES string of the molecule is CCCCCCCCc1ccc(N(CCCCCCCC)c2ccccc2)cc1. The van der Waals surface area contributed by atoms with E-state index >= 15 is 0 Å². The van der Waals surface area contributed by atoms with Crippen LogP contribution in [0.1, 0.15) is 96.5 Å². The third-order valence-electron chi connectivity index (χ3n) is 5.87. The number of hydrogen-bond donors (Lipinski definition) is 0. The van der Waals surface area contributed by atoms with Crippen LogP contribution in [0.4, 0.5) is 11.4 Å². The molecule has 29 heavy (non-hydrogen) atoms. The van der Waals surface area contributed by atoms with Crippen LogP contribution in [0, 0.1) is 0 Å². The summed E-state index contributed by atoms with van der Waals surface area (Å²) in [6.07, 6.45) is 17.5. The van der Waals surface area contributed by atoms with Gasteiger partial charge in [-0.2, -0.15) is 0 Å². The van der Waals surface area contributed by atoms with Crippen molar-refractivity contribution >= 4 is 11.4 Å². The number of para-hydroxylation sites is 1. The molecule has 0 aromatic heterocycles. The Balaban J connectivity index is 1.87. The van der Waals surface area contributed by atoms with E-state index in [0.29, 0.717) is 0 Å². The topological polar surface area (TPSA) is 3.24 Å². The molecule has 1 nitrogen and oxygen atoms in total. The summed E-state index contributed by atoms with van der Waals surface area (Å²) in [5.41, 5.74) is 4.12. The standard InChI is InChI=1S/C28H43N/c1-3-5-7-9-11-14-18-26-21-23-28(24-22-26)29(27-19-15-13-16-20-27)25-17-12-10-8-6-4-2/h13,15-16,19-24H,3-12,14,17-18,25H2,1-2H3. The summed E-state index contributed by atoms with van der Waals surface area (Å²) in [5, 5.41) is 0. The van der Waals surface area contributed by atoms with Crippen molar-refractivity contribution in [1.82, 2.24) is 0 Å². The minimum atomic E-state index is 1.10. The molecule has 0 amide bonds. The van der Waals surface area contributed by atoms with Gasteiger partial charge in [-0.25, -0.2) is 0 Å². The summed E-state index contributed by atoms with van der Waals surface area (Å²) in [7, 11) is 0. The first-order valence-corrected chi connectivity index (χ1v) is 12.3. The molecule has 0 aliphatic heterocycles. The van der Waals surface area contributed by atoms with Crippen LogP contribution in [-0.2, 0) is 6.42 Å². The molecular formula is C28H43N. The van der Waals surface area contributed by atoms with E-state index in [-0.39, 0.29) is 0 Å². The van der Waals surface area contributed by atoms with Gasteiger partial charge in [0.15, 0.2) is 0 Å². The number of hydrogen-bond acceptors (Lipinski definition) is 1. The maximum absolute atomic E-state index is 2.49. The highest BCUT2D eigenvalue weighted by Gasteiger charge is 2.09. The lowest BCUT2D eigenvalue weighted by Gasteiger charge is -2.25. The van der Waals surface area contributed by atoms with E-state index in [4.69, 9.17) is 0 Å². The lowest BCUT2D eigenvalue weighted by molar-refractivity contribution is 0.607. The van der Waals surface area contributed by atoms with Gasteiger partial charge in [0, 0.05) is 17.9 Å². The van der Waals surface area contributed by atoms with E-state index in [0.717, 1.165) is 6.54 Å². The van der Waals surface area contributed by atoms with Crippen molar-refractivity contribution in [2.45, 2.75) is 97.3 Å². The molecule has 0 N–H and O–H groups in total. The summed E-state index contributed by atoms with van der Waals surface area (Å²) in [5.74, 6) is 0. The number of unbranched alkanes of at least 4 members (excludes halogenated alkanes) is 10. The average molecular weight is 394 g/mol. The number of rotatable bonds is 16. The molecule has 2 rings (SSSR count). The van der Waals surface area contributed by atoms with Gasteiger partial charge in [-0.15, -0.1) is 0 Å². The maximum Gasteiger partial charge on any atom is 0.0410 e. The van der Waals surface area contributed by atoms with Crippen molar-refractivity contribution in [2.75, 3.05) is 11.4 Å². The highest BCUT2D eigenvalue weighted by Crippen LogP contribution is 2.26. The number of aryl methyl sites for hydroxylation is 1. The molecule has 0 saturated heterocycles. The van der Waals surface area contributed by atoms with Crippen molar-refractivity contribution in [1.29, 1.82) is 0 Å². The Kier molecular flexibility index (Phi) is 12.3. The molecule has 0 radical (unpaired) electrons. The van der Waals surface area contributed by atoms with E-state index in [1.54, 1.807) is 0 Å². The normalized spacial score (nSPS) is 11.0. The zero-order valence-electron chi connectivity index (χ0n) is 19.0. The summed E-state index contributed by atoms with van der Waals surface area (Å²) >= 11 is 0. The van der Waals surface area contributed by atoms with E-state index in [1.165, 1.54) is 100 Å². The highest BCUT2D eigenvalue weighted by atomic mass is 15.1. The molecule has 0 saturated carbocycles. The monoisotopic (exact) mass is 393 g/mol. The van der Waals surface area contributed by atoms with Gasteiger partial charge in [-0.05, 0) is 49.1 Å². The molecule has 0 unspecified atom stereocenters. The van der Waals surface area contributed by atoms with Gasteiger partial charge in [0.2, 0.25) is 0 Å². The van der Waals surface area contributed by atoms with Crippen LogP contribution in [0.5, 0.6) is 0 Å². The molecule has 2 aromatic carbocycles. The predicted molar refractivity (Wildman–Crippen MR) is 130 cm³/mol. The van der Waals surface area contributed by atoms with Crippen LogP contribution < -0.4 is 4.90 Å². The average Bonchev–Trinajstić information content (AvgIpc) is 2.77. The van der Waals surface area contributed by atoms with Gasteiger partial charge >= 0.3 is 0 Å². The van der Waals surface area contributed by atoms with Gasteiger partial charge < -0.3 is 4.90 Å². The summed E-state index contributed by atoms with van der Waals surface area (Å²) in [6, 6.07) is 20.2. The van der Waals surface area contributed by atoms with E-state index < -0.39 is 0 Å². The number of nitrogens with zero attached hydrogens (tertiary/aromatic N) is 1. The fourth-order valence-corrected chi connectivity index (χ4v) is 4.02. The molecule has 0 aliphatic carbocycles. The predicted octanol–water partition coefficient (Wildman–Crippen LogP) is 9.09. The van der Waals surface area contributed by atoms with E-state index in [2.05, 4.69) is 73.3 Å². The minimum Gasteiger partial charge on any atom is -0.341 e. The molecule has 160 valence electrons. The molecule has 0 bridgehead atoms. The Morgan fingerprint density at radius 1 is 0.517 bits per heavy atom. The van der Waals surface area contributed by atoms with Crippen LogP contribution in [-0.4, -0.2) is 6.54 Å². The van der Waals surface area contributed by atoms with Crippen LogP contribution in [0.2, 0.25) is 0 Å². The summed E-state index contributed by atoms with van der Waals surface area (Å²) in [4.78, 5) is 2.49. The smallest absolute Gasteiger partial charge is 0.0410 e. The lowest BCUT2D eigenvalue weighted by Crippen LogP contribution is -2.18. The van der Waals surface area contributed by atoms with E-state index in [9.17, 15) is 0 Å². The molecule has 0 atom stereocenters. The van der Waals surface area contributed by atoms with E-state index in [1.807, 2.05) is 0 Å². The van der Waals surface area contributed by atoms with Gasteiger partial charge in [0.1, 0.15) is 0 Å². The largest absolute Gasteiger partial charge is 0.341 e. The van der Waals surface area contributed by atoms with Crippen LogP contribution >= 0.6 is 0 Å². The second-order valence-electron chi connectivity index (χ2n) is 8.44. The van der Waals surface area contributed by atoms with Gasteiger partial charge in [-0.1, -0.05) is 108 Å². The second kappa shape index (κ2) is 15.1. The minimum absolute atomic E-state index is 1.10. The molecule has 0 fully saturated rings. The third kappa shape index (κ3) is 9.52. The number of benzene rings is 2. The Morgan fingerprint density at radius 3 is 1.66 bits per heavy atom. The van der Waals surface area contributed by atoms with Crippen LogP contribution in [0.25, 0.3) is 0 Å². The zero-order valence-corrected chi connectivity index (χ0v) is 19.0. The Morgan fingerprint density at radius 2 is 1.03 bits per heavy atom. The van der Waals surface area contributed by atoms with Gasteiger partial charge in [0.25, 0.3) is 0 Å². The lowest BCUT2D eigenvalue weighted by atomic mass is 10.0. The first-order valence-electron chi connectivity index (χ1n) is 12.3. The van der Waals surface area contributed by atoms with Crippen molar-refractivity contribution in [3.63, 3.8) is 0 Å². The Bertz CT molecular complexity index is 617. The van der Waals surface area contributed by atoms with Crippen molar-refractivity contribution in [3.05, 3.63) is 60.2 Å². The number of anilines is 2. The van der Waals surface area contributed by atoms with Gasteiger partial charge in [-0.3, -0.25) is 0 Å². The molecule has 0 spiro atoms. The molecule has 0 heterocycles. The highest BCUT2D eigenvalue weighted by molar-refractivity contribution is 5.63. The maximum atomic E-state index is 2.49.